The van der Waals surface area contributed by atoms with Gasteiger partial charge in [0.05, 0.1) is 10.7 Å². The lowest BCUT2D eigenvalue weighted by Crippen LogP contribution is -2.32. The normalized spacial score (nSPS) is 11.0. The number of aromatic nitrogens is 1. The predicted octanol–water partition coefficient (Wildman–Crippen LogP) is 3.85. The molecule has 0 aliphatic carbocycles. The van der Waals surface area contributed by atoms with Crippen molar-refractivity contribution in [2.24, 2.45) is 0 Å². The van der Waals surface area contributed by atoms with Gasteiger partial charge in [-0.1, -0.05) is 27.7 Å². The number of hydrogen-bond acceptors (Lipinski definition) is 3. The van der Waals surface area contributed by atoms with Gasteiger partial charge < -0.3 is 4.90 Å². The third kappa shape index (κ3) is 5.31. The summed E-state index contributed by atoms with van der Waals surface area (Å²) in [4.78, 5) is 18.7. The van der Waals surface area contributed by atoms with Gasteiger partial charge in [-0.05, 0) is 18.8 Å². The van der Waals surface area contributed by atoms with Crippen LogP contribution in [0.25, 0.3) is 0 Å². The lowest BCUT2D eigenvalue weighted by molar-refractivity contribution is -0.131. The molecule has 0 fully saturated rings. The minimum atomic E-state index is 0.269. The fraction of sp³-hybridized carbons (Fsp3) is 0.733. The minimum absolute atomic E-state index is 0.269. The van der Waals surface area contributed by atoms with Crippen molar-refractivity contribution >= 4 is 17.2 Å². The molecule has 108 valence electrons. The molecule has 3 nitrogen and oxygen atoms in total. The Labute approximate surface area is 121 Å². The first-order chi connectivity index (χ1) is 9.08. The van der Waals surface area contributed by atoms with Crippen LogP contribution in [0.5, 0.6) is 0 Å². The molecule has 0 bridgehead atoms. The zero-order chi connectivity index (χ0) is 14.3. The van der Waals surface area contributed by atoms with Crippen molar-refractivity contribution < 1.29 is 4.79 Å². The topological polar surface area (TPSA) is 33.2 Å². The molecule has 1 aromatic rings. The van der Waals surface area contributed by atoms with E-state index in [0.717, 1.165) is 43.1 Å². The number of aryl methyl sites for hydroxylation is 1. The van der Waals surface area contributed by atoms with Gasteiger partial charge in [-0.3, -0.25) is 4.79 Å². The molecule has 0 spiro atoms. The summed E-state index contributed by atoms with van der Waals surface area (Å²) in [5, 5.41) is 3.20. The molecule has 0 aliphatic heterocycles. The van der Waals surface area contributed by atoms with E-state index in [1.807, 2.05) is 4.90 Å². The molecule has 1 aromatic heterocycles. The van der Waals surface area contributed by atoms with Gasteiger partial charge >= 0.3 is 0 Å². The van der Waals surface area contributed by atoms with Crippen molar-refractivity contribution in [2.75, 3.05) is 13.1 Å². The van der Waals surface area contributed by atoms with E-state index in [1.54, 1.807) is 11.3 Å². The van der Waals surface area contributed by atoms with Gasteiger partial charge in [-0.2, -0.15) is 0 Å². The molecule has 1 rings (SSSR count). The number of carbonyl (C=O) groups excluding carboxylic acids is 1. The molecule has 4 heteroatoms. The number of nitrogens with zero attached hydrogens (tertiary/aromatic N) is 2. The molecule has 0 saturated carbocycles. The van der Waals surface area contributed by atoms with Crippen LogP contribution >= 0.6 is 11.3 Å². The third-order valence-corrected chi connectivity index (χ3v) is 3.98. The Morgan fingerprint density at radius 2 is 1.95 bits per heavy atom. The summed E-state index contributed by atoms with van der Waals surface area (Å²) in [6.07, 6.45) is 3.42. The number of rotatable bonds is 8. The maximum atomic E-state index is 12.1. The molecule has 19 heavy (non-hydrogen) atoms. The van der Waals surface area contributed by atoms with E-state index in [0.29, 0.717) is 12.3 Å². The average molecular weight is 282 g/mol. The van der Waals surface area contributed by atoms with Crippen LogP contribution in [0.15, 0.2) is 5.38 Å². The van der Waals surface area contributed by atoms with Crippen LogP contribution in [0, 0.1) is 0 Å². The Kier molecular flexibility index (Phi) is 7.06. The van der Waals surface area contributed by atoms with Crippen molar-refractivity contribution in [3.05, 3.63) is 16.1 Å². The van der Waals surface area contributed by atoms with Gasteiger partial charge in [-0.25, -0.2) is 4.98 Å². The fourth-order valence-corrected chi connectivity index (χ4v) is 2.94. The van der Waals surface area contributed by atoms with Crippen LogP contribution in [-0.4, -0.2) is 28.9 Å². The van der Waals surface area contributed by atoms with E-state index in [1.165, 1.54) is 0 Å². The third-order valence-electron chi connectivity index (χ3n) is 3.05. The van der Waals surface area contributed by atoms with E-state index in [2.05, 4.69) is 38.1 Å². The van der Waals surface area contributed by atoms with Crippen LogP contribution in [0.1, 0.15) is 63.6 Å². The van der Waals surface area contributed by atoms with Gasteiger partial charge in [0.25, 0.3) is 0 Å². The Morgan fingerprint density at radius 3 is 2.42 bits per heavy atom. The average Bonchev–Trinajstić information content (AvgIpc) is 2.84. The summed E-state index contributed by atoms with van der Waals surface area (Å²) in [5.41, 5.74) is 1.14. The molecule has 0 aromatic carbocycles. The van der Waals surface area contributed by atoms with E-state index >= 15 is 0 Å². The lowest BCUT2D eigenvalue weighted by atomic mass is 10.2. The van der Waals surface area contributed by atoms with Crippen LogP contribution in [0.3, 0.4) is 0 Å². The molecule has 0 radical (unpaired) electrons. The fourth-order valence-electron chi connectivity index (χ4n) is 1.98. The van der Waals surface area contributed by atoms with Crippen molar-refractivity contribution in [3.8, 4) is 0 Å². The zero-order valence-electron chi connectivity index (χ0n) is 12.6. The molecule has 1 heterocycles. The van der Waals surface area contributed by atoms with E-state index in [9.17, 15) is 4.79 Å². The van der Waals surface area contributed by atoms with Crippen LogP contribution in [0.4, 0.5) is 0 Å². The van der Waals surface area contributed by atoms with Crippen molar-refractivity contribution in [1.82, 2.24) is 9.88 Å². The summed E-state index contributed by atoms with van der Waals surface area (Å²) >= 11 is 1.68. The first-order valence-electron chi connectivity index (χ1n) is 7.30. The number of hydrogen-bond donors (Lipinski definition) is 0. The highest BCUT2D eigenvalue weighted by Crippen LogP contribution is 2.19. The minimum Gasteiger partial charge on any atom is -0.343 e. The van der Waals surface area contributed by atoms with E-state index in [-0.39, 0.29) is 5.91 Å². The highest BCUT2D eigenvalue weighted by molar-refractivity contribution is 7.09. The maximum Gasteiger partial charge on any atom is 0.222 e. The quantitative estimate of drug-likeness (QED) is 0.725. The van der Waals surface area contributed by atoms with Gasteiger partial charge in [0.1, 0.15) is 0 Å². The van der Waals surface area contributed by atoms with Crippen molar-refractivity contribution in [3.63, 3.8) is 0 Å². The van der Waals surface area contributed by atoms with Crippen LogP contribution in [0.2, 0.25) is 0 Å². The number of amides is 1. The number of thiazole rings is 1. The predicted molar refractivity (Wildman–Crippen MR) is 81.7 cm³/mol. The standard InChI is InChI=1S/C15H26N2OS/c1-5-9-17(10-6-2)15(18)8-7-14-16-13(11-19-14)12(3)4/h11-12H,5-10H2,1-4H3. The second kappa shape index (κ2) is 8.31. The molecule has 0 N–H and O–H groups in total. The van der Waals surface area contributed by atoms with E-state index in [4.69, 9.17) is 0 Å². The highest BCUT2D eigenvalue weighted by Gasteiger charge is 2.13. The molecule has 0 unspecified atom stereocenters. The second-order valence-corrected chi connectivity index (χ2v) is 6.14. The van der Waals surface area contributed by atoms with Crippen LogP contribution < -0.4 is 0 Å². The van der Waals surface area contributed by atoms with Gasteiger partial charge in [0.15, 0.2) is 0 Å². The monoisotopic (exact) mass is 282 g/mol. The summed E-state index contributed by atoms with van der Waals surface area (Å²) < 4.78 is 0. The number of carbonyl (C=O) groups is 1. The summed E-state index contributed by atoms with van der Waals surface area (Å²) in [5.74, 6) is 0.738. The van der Waals surface area contributed by atoms with Gasteiger partial charge in [-0.15, -0.1) is 11.3 Å². The molecule has 0 saturated heterocycles. The SMILES string of the molecule is CCCN(CCC)C(=O)CCc1nc(C(C)C)cs1. The summed E-state index contributed by atoms with van der Waals surface area (Å²) in [7, 11) is 0. The van der Waals surface area contributed by atoms with Crippen LogP contribution in [-0.2, 0) is 11.2 Å². The maximum absolute atomic E-state index is 12.1. The lowest BCUT2D eigenvalue weighted by Gasteiger charge is -2.21. The van der Waals surface area contributed by atoms with E-state index < -0.39 is 0 Å². The van der Waals surface area contributed by atoms with Gasteiger partial charge in [0, 0.05) is 31.3 Å². The largest absolute Gasteiger partial charge is 0.343 e. The Bertz CT molecular complexity index is 381. The first kappa shape index (κ1) is 16.2. The first-order valence-corrected chi connectivity index (χ1v) is 8.18. The van der Waals surface area contributed by atoms with Gasteiger partial charge in [0.2, 0.25) is 5.91 Å². The summed E-state index contributed by atoms with van der Waals surface area (Å²) in [6.45, 7) is 10.3. The summed E-state index contributed by atoms with van der Waals surface area (Å²) in [6, 6.07) is 0. The van der Waals surface area contributed by atoms with Crippen molar-refractivity contribution in [1.29, 1.82) is 0 Å². The molecular formula is C15H26N2OS. The Balaban J connectivity index is 2.47. The zero-order valence-corrected chi connectivity index (χ0v) is 13.4. The Hall–Kier alpha value is -0.900. The molecule has 0 atom stereocenters. The molecular weight excluding hydrogens is 256 g/mol. The highest BCUT2D eigenvalue weighted by atomic mass is 32.1. The van der Waals surface area contributed by atoms with Crippen molar-refractivity contribution in [2.45, 2.75) is 59.3 Å². The molecule has 1 amide bonds. The molecule has 0 aliphatic rings. The second-order valence-electron chi connectivity index (χ2n) is 5.20. The Morgan fingerprint density at radius 1 is 1.32 bits per heavy atom. The smallest absolute Gasteiger partial charge is 0.222 e.